The Labute approximate surface area is 155 Å². The molecule has 7 heteroatoms. The Bertz CT molecular complexity index is 721. The van der Waals surface area contributed by atoms with E-state index in [4.69, 9.17) is 4.74 Å². The molecule has 0 unspecified atom stereocenters. The van der Waals surface area contributed by atoms with E-state index in [-0.39, 0.29) is 29.9 Å². The molecule has 1 aliphatic carbocycles. The summed E-state index contributed by atoms with van der Waals surface area (Å²) >= 11 is 0. The number of esters is 1. The zero-order valence-electron chi connectivity index (χ0n) is 15.2. The summed E-state index contributed by atoms with van der Waals surface area (Å²) in [5.74, 6) is -1.07. The molecule has 0 aromatic heterocycles. The minimum Gasteiger partial charge on any atom is -0.452 e. The number of carbonyl (C=O) groups excluding carboxylic acids is 2. The molecule has 1 aromatic rings. The Morgan fingerprint density at radius 1 is 1.12 bits per heavy atom. The van der Waals surface area contributed by atoms with E-state index in [1.807, 2.05) is 0 Å². The van der Waals surface area contributed by atoms with Gasteiger partial charge in [-0.15, -0.1) is 0 Å². The molecule has 1 aliphatic rings. The Kier molecular flexibility index (Phi) is 7.63. The molecule has 0 atom stereocenters. The third kappa shape index (κ3) is 7.56. The first-order valence-corrected chi connectivity index (χ1v) is 11.1. The summed E-state index contributed by atoms with van der Waals surface area (Å²) in [7, 11) is -3.18. The molecule has 0 bridgehead atoms. The third-order valence-corrected chi connectivity index (χ3v) is 5.25. The van der Waals surface area contributed by atoms with Gasteiger partial charge in [-0.05, 0) is 30.5 Å². The molecule has 1 aromatic carbocycles. The monoisotopic (exact) mass is 381 g/mol. The quantitative estimate of drug-likeness (QED) is 0.765. The van der Waals surface area contributed by atoms with Crippen molar-refractivity contribution in [1.82, 2.24) is 5.32 Å². The first-order chi connectivity index (χ1) is 12.3. The molecule has 1 N–H and O–H groups in total. The molecule has 1 amide bonds. The summed E-state index contributed by atoms with van der Waals surface area (Å²) in [6, 6.07) is 6.42. The summed E-state index contributed by atoms with van der Waals surface area (Å²) in [5.41, 5.74) is 0.755. The average Bonchev–Trinajstić information content (AvgIpc) is 2.53. The van der Waals surface area contributed by atoms with Gasteiger partial charge >= 0.3 is 5.97 Å². The maximum absolute atomic E-state index is 12.1. The van der Waals surface area contributed by atoms with Crippen molar-refractivity contribution in [2.45, 2.75) is 56.7 Å². The Morgan fingerprint density at radius 2 is 1.77 bits per heavy atom. The summed E-state index contributed by atoms with van der Waals surface area (Å²) in [6.07, 6.45) is 8.95. The van der Waals surface area contributed by atoms with Crippen LogP contribution >= 0.6 is 0 Å². The lowest BCUT2D eigenvalue weighted by atomic mass is 9.97. The van der Waals surface area contributed by atoms with E-state index in [2.05, 4.69) is 5.32 Å². The van der Waals surface area contributed by atoms with Gasteiger partial charge in [0.1, 0.15) is 0 Å². The summed E-state index contributed by atoms with van der Waals surface area (Å²) in [6.45, 7) is -0.328. The first kappa shape index (κ1) is 20.4. The lowest BCUT2D eigenvalue weighted by molar-refractivity contribution is -0.125. The fourth-order valence-corrected chi connectivity index (χ4v) is 3.96. The molecular formula is C19H27NO5S. The molecule has 0 radical (unpaired) electrons. The fourth-order valence-electron chi connectivity index (χ4n) is 3.18. The van der Waals surface area contributed by atoms with E-state index in [9.17, 15) is 18.0 Å². The van der Waals surface area contributed by atoms with E-state index in [1.165, 1.54) is 25.3 Å². The van der Waals surface area contributed by atoms with E-state index in [0.717, 1.165) is 31.9 Å². The van der Waals surface area contributed by atoms with Crippen LogP contribution in [-0.4, -0.2) is 39.2 Å². The zero-order chi connectivity index (χ0) is 19.0. The van der Waals surface area contributed by atoms with Gasteiger partial charge in [0.15, 0.2) is 16.4 Å². The van der Waals surface area contributed by atoms with Crippen molar-refractivity contribution >= 4 is 21.7 Å². The third-order valence-electron chi connectivity index (χ3n) is 4.40. The number of amides is 1. The van der Waals surface area contributed by atoms with Gasteiger partial charge in [0.05, 0.1) is 11.3 Å². The molecular weight excluding hydrogens is 354 g/mol. The number of ether oxygens (including phenoxy) is 1. The van der Waals surface area contributed by atoms with Crippen molar-refractivity contribution < 1.29 is 22.7 Å². The van der Waals surface area contributed by atoms with Gasteiger partial charge < -0.3 is 10.1 Å². The molecule has 0 heterocycles. The van der Waals surface area contributed by atoms with Crippen LogP contribution in [0.3, 0.4) is 0 Å². The van der Waals surface area contributed by atoms with Crippen molar-refractivity contribution in [2.24, 2.45) is 0 Å². The average molecular weight is 381 g/mol. The van der Waals surface area contributed by atoms with Crippen LogP contribution < -0.4 is 5.32 Å². The van der Waals surface area contributed by atoms with Crippen molar-refractivity contribution in [2.75, 3.05) is 12.9 Å². The molecule has 26 heavy (non-hydrogen) atoms. The van der Waals surface area contributed by atoms with E-state index in [0.29, 0.717) is 5.56 Å². The van der Waals surface area contributed by atoms with Crippen LogP contribution in [0.2, 0.25) is 0 Å². The molecule has 2 rings (SSSR count). The smallest absolute Gasteiger partial charge is 0.338 e. The molecule has 0 aliphatic heterocycles. The Morgan fingerprint density at radius 3 is 2.42 bits per heavy atom. The van der Waals surface area contributed by atoms with Crippen LogP contribution in [-0.2, 0) is 25.1 Å². The van der Waals surface area contributed by atoms with Gasteiger partial charge in [0.2, 0.25) is 0 Å². The second-order valence-electron chi connectivity index (χ2n) is 6.96. The SMILES string of the molecule is CS(=O)(=O)Cc1cccc(C(=O)OCC(=O)NC2CCCCCCC2)c1. The largest absolute Gasteiger partial charge is 0.452 e. The highest BCUT2D eigenvalue weighted by molar-refractivity contribution is 7.89. The van der Waals surface area contributed by atoms with Crippen molar-refractivity contribution in [1.29, 1.82) is 0 Å². The minimum atomic E-state index is -3.18. The van der Waals surface area contributed by atoms with Gasteiger partial charge in [-0.2, -0.15) is 0 Å². The van der Waals surface area contributed by atoms with Gasteiger partial charge in [-0.1, -0.05) is 44.2 Å². The summed E-state index contributed by atoms with van der Waals surface area (Å²) < 4.78 is 27.8. The second-order valence-corrected chi connectivity index (χ2v) is 9.10. The molecule has 1 fully saturated rings. The number of carbonyl (C=O) groups is 2. The zero-order valence-corrected chi connectivity index (χ0v) is 16.0. The van der Waals surface area contributed by atoms with Gasteiger partial charge in [0, 0.05) is 12.3 Å². The fraction of sp³-hybridized carbons (Fsp3) is 0.579. The van der Waals surface area contributed by atoms with Gasteiger partial charge in [-0.3, -0.25) is 4.79 Å². The lowest BCUT2D eigenvalue weighted by Gasteiger charge is -2.20. The standard InChI is InChI=1S/C19H27NO5S/c1-26(23,24)14-15-8-7-9-16(12-15)19(22)25-13-18(21)20-17-10-5-3-2-4-6-11-17/h7-9,12,17H,2-6,10-11,13-14H2,1H3,(H,20,21). The molecule has 1 saturated carbocycles. The predicted octanol–water partition coefficient (Wildman–Crippen LogP) is 2.62. The minimum absolute atomic E-state index is 0.143. The van der Waals surface area contributed by atoms with Crippen LogP contribution in [0.5, 0.6) is 0 Å². The van der Waals surface area contributed by atoms with Crippen molar-refractivity contribution in [3.05, 3.63) is 35.4 Å². The molecule has 0 saturated heterocycles. The van der Waals surface area contributed by atoms with Gasteiger partial charge in [0.25, 0.3) is 5.91 Å². The maximum Gasteiger partial charge on any atom is 0.338 e. The second kappa shape index (κ2) is 9.71. The number of sulfone groups is 1. The summed E-state index contributed by atoms with van der Waals surface area (Å²) in [4.78, 5) is 24.1. The van der Waals surface area contributed by atoms with E-state index in [1.54, 1.807) is 18.2 Å². The highest BCUT2D eigenvalue weighted by Gasteiger charge is 2.16. The Hall–Kier alpha value is -1.89. The highest BCUT2D eigenvalue weighted by atomic mass is 32.2. The maximum atomic E-state index is 12.1. The number of benzene rings is 1. The lowest BCUT2D eigenvalue weighted by Crippen LogP contribution is -2.38. The number of nitrogens with one attached hydrogen (secondary N) is 1. The van der Waals surface area contributed by atoms with Crippen LogP contribution in [0.25, 0.3) is 0 Å². The predicted molar refractivity (Wildman–Crippen MR) is 99.5 cm³/mol. The van der Waals surface area contributed by atoms with Crippen LogP contribution in [0.1, 0.15) is 60.9 Å². The summed E-state index contributed by atoms with van der Waals surface area (Å²) in [5, 5.41) is 2.94. The topological polar surface area (TPSA) is 89.5 Å². The van der Waals surface area contributed by atoms with Crippen LogP contribution in [0, 0.1) is 0 Å². The van der Waals surface area contributed by atoms with Crippen LogP contribution in [0.4, 0.5) is 0 Å². The van der Waals surface area contributed by atoms with Crippen molar-refractivity contribution in [3.63, 3.8) is 0 Å². The number of hydrogen-bond acceptors (Lipinski definition) is 5. The molecule has 144 valence electrons. The van der Waals surface area contributed by atoms with E-state index >= 15 is 0 Å². The number of hydrogen-bond donors (Lipinski definition) is 1. The molecule has 6 nitrogen and oxygen atoms in total. The molecule has 0 spiro atoms. The normalized spacial score (nSPS) is 16.3. The van der Waals surface area contributed by atoms with Crippen molar-refractivity contribution in [3.8, 4) is 0 Å². The van der Waals surface area contributed by atoms with E-state index < -0.39 is 15.8 Å². The van der Waals surface area contributed by atoms with Crippen LogP contribution in [0.15, 0.2) is 24.3 Å². The number of rotatable bonds is 6. The highest BCUT2D eigenvalue weighted by Crippen LogP contribution is 2.17. The first-order valence-electron chi connectivity index (χ1n) is 9.06. The van der Waals surface area contributed by atoms with Gasteiger partial charge in [-0.25, -0.2) is 13.2 Å². The Balaban J connectivity index is 1.83.